The van der Waals surface area contributed by atoms with Gasteiger partial charge in [0.2, 0.25) is 0 Å². The molecule has 1 rings (SSSR count). The maximum Gasteiger partial charge on any atom is 0.339 e. The second kappa shape index (κ2) is 8.45. The number of aryl methyl sites for hydroxylation is 1. The Morgan fingerprint density at radius 1 is 1.10 bits per heavy atom. The highest BCUT2D eigenvalue weighted by Gasteiger charge is 2.19. The minimum atomic E-state index is -0.490. The molecule has 4 nitrogen and oxygen atoms in total. The minimum absolute atomic E-state index is 0.267. The Bertz CT molecular complexity index is 492. The number of esters is 2. The number of hydrogen-bond donors (Lipinski definition) is 0. The lowest BCUT2D eigenvalue weighted by Gasteiger charge is -2.10. The van der Waals surface area contributed by atoms with E-state index in [0.29, 0.717) is 12.5 Å². The molecule has 21 heavy (non-hydrogen) atoms. The topological polar surface area (TPSA) is 52.6 Å². The number of rotatable bonds is 7. The molecule has 0 N–H and O–H groups in total. The summed E-state index contributed by atoms with van der Waals surface area (Å²) in [7, 11) is 0. The molecule has 0 heterocycles. The highest BCUT2D eigenvalue weighted by Crippen LogP contribution is 2.15. The summed E-state index contributed by atoms with van der Waals surface area (Å²) in [5, 5.41) is 0. The van der Waals surface area contributed by atoms with Gasteiger partial charge >= 0.3 is 11.9 Å². The second-order valence-corrected chi connectivity index (χ2v) is 5.44. The molecule has 4 heteroatoms. The number of carbonyl (C=O) groups excluding carboxylic acids is 2. The summed E-state index contributed by atoms with van der Waals surface area (Å²) in [5.74, 6) is -0.379. The number of carbonyl (C=O) groups is 2. The summed E-state index contributed by atoms with van der Waals surface area (Å²) < 4.78 is 10.2. The van der Waals surface area contributed by atoms with Crippen LogP contribution in [0.15, 0.2) is 18.2 Å². The fraction of sp³-hybridized carbons (Fsp3) is 0.529. The van der Waals surface area contributed by atoms with Crippen molar-refractivity contribution in [3.63, 3.8) is 0 Å². The van der Waals surface area contributed by atoms with Gasteiger partial charge in [-0.25, -0.2) is 9.59 Å². The monoisotopic (exact) mass is 292 g/mol. The Hall–Kier alpha value is -1.84. The summed E-state index contributed by atoms with van der Waals surface area (Å²) in [4.78, 5) is 24.0. The average molecular weight is 292 g/mol. The Balaban J connectivity index is 2.76. The quantitative estimate of drug-likeness (QED) is 0.567. The highest BCUT2D eigenvalue weighted by atomic mass is 16.5. The van der Waals surface area contributed by atoms with Gasteiger partial charge in [0.15, 0.2) is 0 Å². The molecule has 1 aromatic rings. The lowest BCUT2D eigenvalue weighted by Crippen LogP contribution is -2.15. The molecule has 0 aliphatic carbocycles. The van der Waals surface area contributed by atoms with Crippen molar-refractivity contribution >= 4 is 11.9 Å². The van der Waals surface area contributed by atoms with E-state index in [1.54, 1.807) is 25.1 Å². The van der Waals surface area contributed by atoms with E-state index >= 15 is 0 Å². The van der Waals surface area contributed by atoms with Gasteiger partial charge in [-0.3, -0.25) is 0 Å². The van der Waals surface area contributed by atoms with E-state index in [2.05, 4.69) is 13.8 Å². The maximum absolute atomic E-state index is 12.1. The molecule has 0 unspecified atom stereocenters. The zero-order valence-corrected chi connectivity index (χ0v) is 13.3. The smallest absolute Gasteiger partial charge is 0.339 e. The molecule has 0 bridgehead atoms. The Morgan fingerprint density at radius 2 is 1.76 bits per heavy atom. The van der Waals surface area contributed by atoms with Gasteiger partial charge in [0.1, 0.15) is 0 Å². The molecule has 0 fully saturated rings. The van der Waals surface area contributed by atoms with E-state index in [-0.39, 0.29) is 17.7 Å². The molecule has 0 atom stereocenters. The van der Waals surface area contributed by atoms with Gasteiger partial charge in [-0.15, -0.1) is 0 Å². The van der Waals surface area contributed by atoms with Crippen molar-refractivity contribution in [2.75, 3.05) is 13.2 Å². The van der Waals surface area contributed by atoms with Crippen LogP contribution < -0.4 is 0 Å². The van der Waals surface area contributed by atoms with Gasteiger partial charge in [0.05, 0.1) is 24.3 Å². The molecular formula is C17H24O4. The average Bonchev–Trinajstić information content (AvgIpc) is 2.43. The fourth-order valence-corrected chi connectivity index (χ4v) is 1.95. The first-order valence-electron chi connectivity index (χ1n) is 7.40. The van der Waals surface area contributed by atoms with Crippen LogP contribution in [0.5, 0.6) is 0 Å². The van der Waals surface area contributed by atoms with Gasteiger partial charge in [-0.2, -0.15) is 0 Å². The van der Waals surface area contributed by atoms with Gasteiger partial charge in [-0.05, 0) is 44.7 Å². The van der Waals surface area contributed by atoms with Crippen LogP contribution in [0.3, 0.4) is 0 Å². The minimum Gasteiger partial charge on any atom is -0.462 e. The molecule has 0 spiro atoms. The van der Waals surface area contributed by atoms with Crippen LogP contribution in [0.2, 0.25) is 0 Å². The van der Waals surface area contributed by atoms with Gasteiger partial charge in [-0.1, -0.05) is 25.5 Å². The van der Waals surface area contributed by atoms with Gasteiger partial charge in [0, 0.05) is 0 Å². The Labute approximate surface area is 126 Å². The van der Waals surface area contributed by atoms with Crippen molar-refractivity contribution in [1.82, 2.24) is 0 Å². The van der Waals surface area contributed by atoms with Crippen LogP contribution >= 0.6 is 0 Å². The van der Waals surface area contributed by atoms with Crippen LogP contribution in [0, 0.1) is 12.8 Å². The lowest BCUT2D eigenvalue weighted by atomic mass is 10.0. The van der Waals surface area contributed by atoms with Gasteiger partial charge < -0.3 is 9.47 Å². The molecule has 116 valence electrons. The lowest BCUT2D eigenvalue weighted by molar-refractivity contribution is 0.0460. The van der Waals surface area contributed by atoms with Crippen LogP contribution in [0.1, 0.15) is 59.9 Å². The predicted octanol–water partition coefficient (Wildman–Crippen LogP) is 3.76. The molecule has 0 saturated carbocycles. The van der Waals surface area contributed by atoms with E-state index in [0.717, 1.165) is 18.4 Å². The summed E-state index contributed by atoms with van der Waals surface area (Å²) in [6, 6.07) is 5.06. The summed E-state index contributed by atoms with van der Waals surface area (Å²) in [5.41, 5.74) is 1.43. The molecule has 0 saturated heterocycles. The van der Waals surface area contributed by atoms with Gasteiger partial charge in [0.25, 0.3) is 0 Å². The highest BCUT2D eigenvalue weighted by molar-refractivity contribution is 6.03. The first kappa shape index (κ1) is 17.2. The van der Waals surface area contributed by atoms with E-state index in [1.807, 2.05) is 6.92 Å². The maximum atomic E-state index is 12.1. The van der Waals surface area contributed by atoms with E-state index in [4.69, 9.17) is 9.47 Å². The first-order chi connectivity index (χ1) is 9.95. The SMILES string of the molecule is CCOC(=O)c1cc(C)ccc1C(=O)OCCCC(C)C. The third kappa shape index (κ3) is 5.58. The molecule has 0 aliphatic rings. The molecule has 1 aromatic carbocycles. The fourth-order valence-electron chi connectivity index (χ4n) is 1.95. The van der Waals surface area contributed by atoms with Crippen molar-refractivity contribution in [2.45, 2.75) is 40.5 Å². The number of benzene rings is 1. The van der Waals surface area contributed by atoms with Crippen molar-refractivity contribution in [3.8, 4) is 0 Å². The number of hydrogen-bond acceptors (Lipinski definition) is 4. The van der Waals surface area contributed by atoms with E-state index in [1.165, 1.54) is 0 Å². The Kier molecular flexibility index (Phi) is 6.92. The predicted molar refractivity (Wildman–Crippen MR) is 81.5 cm³/mol. The van der Waals surface area contributed by atoms with Crippen LogP contribution in [0.4, 0.5) is 0 Å². The summed E-state index contributed by atoms with van der Waals surface area (Å²) in [6.45, 7) is 8.49. The Morgan fingerprint density at radius 3 is 2.38 bits per heavy atom. The first-order valence-corrected chi connectivity index (χ1v) is 7.40. The summed E-state index contributed by atoms with van der Waals surface area (Å²) in [6.07, 6.45) is 1.83. The van der Waals surface area contributed by atoms with E-state index in [9.17, 15) is 9.59 Å². The third-order valence-electron chi connectivity index (χ3n) is 3.05. The zero-order valence-electron chi connectivity index (χ0n) is 13.3. The summed E-state index contributed by atoms with van der Waals surface area (Å²) >= 11 is 0. The van der Waals surface area contributed by atoms with Crippen molar-refractivity contribution in [3.05, 3.63) is 34.9 Å². The molecule has 0 aromatic heterocycles. The molecule has 0 aliphatic heterocycles. The normalized spacial score (nSPS) is 10.5. The van der Waals surface area contributed by atoms with Crippen molar-refractivity contribution in [1.29, 1.82) is 0 Å². The van der Waals surface area contributed by atoms with Crippen LogP contribution in [-0.2, 0) is 9.47 Å². The third-order valence-corrected chi connectivity index (χ3v) is 3.05. The molecular weight excluding hydrogens is 268 g/mol. The van der Waals surface area contributed by atoms with Crippen LogP contribution in [0.25, 0.3) is 0 Å². The van der Waals surface area contributed by atoms with Crippen LogP contribution in [-0.4, -0.2) is 25.2 Å². The largest absolute Gasteiger partial charge is 0.462 e. The molecule has 0 radical (unpaired) electrons. The second-order valence-electron chi connectivity index (χ2n) is 5.44. The van der Waals surface area contributed by atoms with Crippen molar-refractivity contribution < 1.29 is 19.1 Å². The zero-order chi connectivity index (χ0) is 15.8. The number of ether oxygens (including phenoxy) is 2. The van der Waals surface area contributed by atoms with Crippen molar-refractivity contribution in [2.24, 2.45) is 5.92 Å². The molecule has 0 amide bonds. The standard InChI is InChI=1S/C17H24O4/c1-5-20-17(19)15-11-13(4)8-9-14(15)16(18)21-10-6-7-12(2)3/h8-9,11-12H,5-7,10H2,1-4H3. The van der Waals surface area contributed by atoms with E-state index < -0.39 is 11.9 Å².